The Kier molecular flexibility index (Phi) is 5.15. The Balaban J connectivity index is 2.24. The van der Waals surface area contributed by atoms with Crippen molar-refractivity contribution >= 4 is 18.0 Å². The molecule has 1 aliphatic carbocycles. The molecule has 4 nitrogen and oxygen atoms in total. The van der Waals surface area contributed by atoms with E-state index in [-0.39, 0.29) is 17.4 Å². The number of carbonyl (C=O) groups is 2. The van der Waals surface area contributed by atoms with Crippen LogP contribution in [0.25, 0.3) is 6.08 Å². The predicted octanol–water partition coefficient (Wildman–Crippen LogP) is 3.91. The van der Waals surface area contributed by atoms with Gasteiger partial charge in [0.1, 0.15) is 17.4 Å². The lowest BCUT2D eigenvalue weighted by Gasteiger charge is -2.20. The third kappa shape index (κ3) is 4.07. The molecular formula is C18H20O4. The molecule has 2 rings (SSSR count). The first-order valence-corrected chi connectivity index (χ1v) is 7.33. The van der Waals surface area contributed by atoms with Gasteiger partial charge in [0.15, 0.2) is 0 Å². The molecule has 0 amide bonds. The summed E-state index contributed by atoms with van der Waals surface area (Å²) < 4.78 is 10.6. The molecule has 0 saturated carbocycles. The van der Waals surface area contributed by atoms with Gasteiger partial charge in [-0.2, -0.15) is 0 Å². The third-order valence-electron chi connectivity index (χ3n) is 3.50. The number of benzene rings is 1. The Labute approximate surface area is 130 Å². The lowest BCUT2D eigenvalue weighted by atomic mass is 9.98. The molecule has 4 heteroatoms. The Morgan fingerprint density at radius 2 is 2.14 bits per heavy atom. The normalized spacial score (nSPS) is 17.4. The van der Waals surface area contributed by atoms with E-state index in [4.69, 9.17) is 9.47 Å². The maximum Gasteiger partial charge on any atom is 0.342 e. The summed E-state index contributed by atoms with van der Waals surface area (Å²) in [5.74, 6) is -0.760. The maximum atomic E-state index is 12.4. The van der Waals surface area contributed by atoms with Crippen molar-refractivity contribution in [2.24, 2.45) is 0 Å². The van der Waals surface area contributed by atoms with Crippen LogP contribution in [-0.4, -0.2) is 18.0 Å². The standard InChI is InChI=1S/C18H20O4/c1-4-14-8-9-17(21-13(3)19)16(11-14)18(20)22-15-7-5-6-12(2)10-15/h4,8-11,15H,1,5-7H2,2-3H3. The van der Waals surface area contributed by atoms with E-state index in [1.807, 2.05) is 13.0 Å². The number of esters is 2. The molecular weight excluding hydrogens is 280 g/mol. The Bertz CT molecular complexity index is 628. The highest BCUT2D eigenvalue weighted by Crippen LogP contribution is 2.25. The highest BCUT2D eigenvalue weighted by atomic mass is 16.6. The van der Waals surface area contributed by atoms with Crippen LogP contribution in [0.1, 0.15) is 49.0 Å². The van der Waals surface area contributed by atoms with Crippen molar-refractivity contribution in [1.82, 2.24) is 0 Å². The van der Waals surface area contributed by atoms with E-state index in [1.54, 1.807) is 24.3 Å². The average molecular weight is 300 g/mol. The SMILES string of the molecule is C=Cc1ccc(OC(C)=O)c(C(=O)OC2C=C(C)CCC2)c1. The van der Waals surface area contributed by atoms with Crippen LogP contribution in [0.15, 0.2) is 36.4 Å². The van der Waals surface area contributed by atoms with Crippen LogP contribution in [0.4, 0.5) is 0 Å². The molecule has 116 valence electrons. The van der Waals surface area contributed by atoms with Gasteiger partial charge in [-0.25, -0.2) is 4.79 Å². The summed E-state index contributed by atoms with van der Waals surface area (Å²) in [5, 5.41) is 0. The topological polar surface area (TPSA) is 52.6 Å². The minimum absolute atomic E-state index is 0.208. The summed E-state index contributed by atoms with van der Waals surface area (Å²) >= 11 is 0. The van der Waals surface area contributed by atoms with Crippen LogP contribution in [0.2, 0.25) is 0 Å². The van der Waals surface area contributed by atoms with Crippen molar-refractivity contribution in [3.05, 3.63) is 47.6 Å². The van der Waals surface area contributed by atoms with Crippen molar-refractivity contribution in [3.63, 3.8) is 0 Å². The average Bonchev–Trinajstić information content (AvgIpc) is 2.47. The summed E-state index contributed by atoms with van der Waals surface area (Å²) in [6, 6.07) is 4.93. The van der Waals surface area contributed by atoms with Gasteiger partial charge in [-0.3, -0.25) is 4.79 Å². The second-order valence-corrected chi connectivity index (χ2v) is 5.40. The molecule has 0 bridgehead atoms. The number of rotatable bonds is 4. The Morgan fingerprint density at radius 3 is 2.77 bits per heavy atom. The van der Waals surface area contributed by atoms with Crippen molar-refractivity contribution in [2.45, 2.75) is 39.2 Å². The number of allylic oxidation sites excluding steroid dienone is 1. The number of hydrogen-bond donors (Lipinski definition) is 0. The van der Waals surface area contributed by atoms with Gasteiger partial charge in [-0.1, -0.05) is 24.3 Å². The van der Waals surface area contributed by atoms with E-state index < -0.39 is 11.9 Å². The summed E-state index contributed by atoms with van der Waals surface area (Å²) in [7, 11) is 0. The number of ether oxygens (including phenoxy) is 2. The van der Waals surface area contributed by atoms with Crippen molar-refractivity contribution in [2.75, 3.05) is 0 Å². The largest absolute Gasteiger partial charge is 0.454 e. The third-order valence-corrected chi connectivity index (χ3v) is 3.50. The van der Waals surface area contributed by atoms with E-state index in [1.165, 1.54) is 12.5 Å². The molecule has 0 radical (unpaired) electrons. The van der Waals surface area contributed by atoms with E-state index in [0.717, 1.165) is 24.8 Å². The van der Waals surface area contributed by atoms with Gasteiger partial charge in [0.25, 0.3) is 0 Å². The van der Waals surface area contributed by atoms with E-state index in [9.17, 15) is 9.59 Å². The molecule has 1 atom stereocenters. The highest BCUT2D eigenvalue weighted by Gasteiger charge is 2.21. The first kappa shape index (κ1) is 16.0. The monoisotopic (exact) mass is 300 g/mol. The summed E-state index contributed by atoms with van der Waals surface area (Å²) in [4.78, 5) is 23.6. The summed E-state index contributed by atoms with van der Waals surface area (Å²) in [5.41, 5.74) is 2.23. The van der Waals surface area contributed by atoms with Gasteiger partial charge < -0.3 is 9.47 Å². The Hall–Kier alpha value is -2.36. The van der Waals surface area contributed by atoms with E-state index in [2.05, 4.69) is 6.58 Å². The van der Waals surface area contributed by atoms with Crippen LogP contribution >= 0.6 is 0 Å². The van der Waals surface area contributed by atoms with Gasteiger partial charge in [-0.05, 0) is 50.0 Å². The minimum atomic E-state index is -0.490. The first-order valence-electron chi connectivity index (χ1n) is 7.33. The van der Waals surface area contributed by atoms with Crippen LogP contribution in [0.3, 0.4) is 0 Å². The quantitative estimate of drug-likeness (QED) is 0.480. The lowest BCUT2D eigenvalue weighted by Crippen LogP contribution is -2.20. The van der Waals surface area contributed by atoms with Gasteiger partial charge in [-0.15, -0.1) is 0 Å². The molecule has 0 aromatic heterocycles. The van der Waals surface area contributed by atoms with E-state index >= 15 is 0 Å². The minimum Gasteiger partial charge on any atom is -0.454 e. The van der Waals surface area contributed by atoms with Crippen LogP contribution in [0.5, 0.6) is 5.75 Å². The van der Waals surface area contributed by atoms with Gasteiger partial charge in [0, 0.05) is 6.92 Å². The highest BCUT2D eigenvalue weighted by molar-refractivity contribution is 5.94. The van der Waals surface area contributed by atoms with Crippen molar-refractivity contribution in [1.29, 1.82) is 0 Å². The number of hydrogen-bond acceptors (Lipinski definition) is 4. The molecule has 0 spiro atoms. The van der Waals surface area contributed by atoms with Crippen LogP contribution in [0, 0.1) is 0 Å². The molecule has 0 saturated heterocycles. The fourth-order valence-corrected chi connectivity index (χ4v) is 2.44. The van der Waals surface area contributed by atoms with Gasteiger partial charge in [0.2, 0.25) is 0 Å². The molecule has 0 aliphatic heterocycles. The van der Waals surface area contributed by atoms with Crippen molar-refractivity contribution < 1.29 is 19.1 Å². The fraction of sp³-hybridized carbons (Fsp3) is 0.333. The van der Waals surface area contributed by atoms with Crippen LogP contribution in [-0.2, 0) is 9.53 Å². The second-order valence-electron chi connectivity index (χ2n) is 5.40. The molecule has 22 heavy (non-hydrogen) atoms. The fourth-order valence-electron chi connectivity index (χ4n) is 2.44. The maximum absolute atomic E-state index is 12.4. The van der Waals surface area contributed by atoms with Crippen LogP contribution < -0.4 is 4.74 Å². The second kappa shape index (κ2) is 7.07. The Morgan fingerprint density at radius 1 is 1.36 bits per heavy atom. The predicted molar refractivity (Wildman–Crippen MR) is 84.7 cm³/mol. The van der Waals surface area contributed by atoms with E-state index in [0.29, 0.717) is 0 Å². The zero-order chi connectivity index (χ0) is 16.1. The molecule has 0 fully saturated rings. The lowest BCUT2D eigenvalue weighted by molar-refractivity contribution is -0.131. The first-order chi connectivity index (χ1) is 10.5. The smallest absolute Gasteiger partial charge is 0.342 e. The zero-order valence-corrected chi connectivity index (χ0v) is 12.9. The van der Waals surface area contributed by atoms with Gasteiger partial charge >= 0.3 is 11.9 Å². The molecule has 1 unspecified atom stereocenters. The molecule has 1 aliphatic rings. The molecule has 1 aromatic carbocycles. The zero-order valence-electron chi connectivity index (χ0n) is 12.9. The molecule has 0 heterocycles. The van der Waals surface area contributed by atoms with Gasteiger partial charge in [0.05, 0.1) is 0 Å². The molecule has 1 aromatic rings. The summed E-state index contributed by atoms with van der Waals surface area (Å²) in [6.07, 6.45) is 6.23. The molecule has 0 N–H and O–H groups in total. The number of carbonyl (C=O) groups excluding carboxylic acids is 2. The van der Waals surface area contributed by atoms with Crippen molar-refractivity contribution in [3.8, 4) is 5.75 Å². The summed E-state index contributed by atoms with van der Waals surface area (Å²) in [6.45, 7) is 7.00.